The number of primary amides is 1. The predicted octanol–water partition coefficient (Wildman–Crippen LogP) is 2.14. The Morgan fingerprint density at radius 2 is 2.20 bits per heavy atom. The van der Waals surface area contributed by atoms with Gasteiger partial charge < -0.3 is 16.2 Å². The molecule has 4 N–H and O–H groups in total. The molecule has 0 saturated heterocycles. The van der Waals surface area contributed by atoms with Crippen LogP contribution in [0.4, 0.5) is 5.95 Å². The average molecular weight is 382 g/mol. The molecule has 0 unspecified atom stereocenters. The Kier molecular flexibility index (Phi) is 4.99. The number of aromatic nitrogens is 3. The number of nitrogens with one attached hydrogen (secondary N) is 1. The van der Waals surface area contributed by atoms with Crippen molar-refractivity contribution >= 4 is 35.1 Å². The van der Waals surface area contributed by atoms with Gasteiger partial charge in [-0.05, 0) is 24.1 Å². The number of carbonyl (C=O) groups excluding carboxylic acids is 1. The highest BCUT2D eigenvalue weighted by atomic mass is 35.5. The number of amides is 1. The highest BCUT2D eigenvalue weighted by Crippen LogP contribution is 2.40. The van der Waals surface area contributed by atoms with Gasteiger partial charge in [0, 0.05) is 28.8 Å². The molecule has 0 aliphatic carbocycles. The maximum absolute atomic E-state index is 12.1. The summed E-state index contributed by atoms with van der Waals surface area (Å²) in [6.07, 6.45) is 1.04. The van der Waals surface area contributed by atoms with Gasteiger partial charge in [0.1, 0.15) is 5.92 Å². The molecule has 0 spiro atoms. The number of aliphatic hydroxyl groups is 1. The Morgan fingerprint density at radius 1 is 1.44 bits per heavy atom. The first-order valence-electron chi connectivity index (χ1n) is 7.68. The molecular formula is C16H17Cl2N5O2. The molecule has 3 rings (SSSR count). The van der Waals surface area contributed by atoms with Crippen LogP contribution in [0.5, 0.6) is 0 Å². The SMILES string of the molecule is C=C1Nc2nc(CCCO)nn2[C@@H](c2ccc(Cl)cc2Cl)[C@@H]1C(N)=O. The lowest BCUT2D eigenvalue weighted by atomic mass is 9.88. The molecule has 1 aliphatic heterocycles. The van der Waals surface area contributed by atoms with Crippen molar-refractivity contribution in [2.24, 2.45) is 11.7 Å². The number of aryl methyl sites for hydroxylation is 1. The first-order chi connectivity index (χ1) is 11.9. The number of nitrogens with zero attached hydrogens (tertiary/aromatic N) is 3. The maximum atomic E-state index is 12.1. The number of fused-ring (bicyclic) bond motifs is 1. The Balaban J connectivity index is 2.13. The van der Waals surface area contributed by atoms with Gasteiger partial charge in [-0.1, -0.05) is 35.8 Å². The first-order valence-corrected chi connectivity index (χ1v) is 8.44. The van der Waals surface area contributed by atoms with Gasteiger partial charge in [0.05, 0.1) is 6.04 Å². The number of aliphatic hydroxyl groups excluding tert-OH is 1. The van der Waals surface area contributed by atoms with Crippen LogP contribution in [-0.4, -0.2) is 32.4 Å². The fourth-order valence-electron chi connectivity index (χ4n) is 2.92. The summed E-state index contributed by atoms with van der Waals surface area (Å²) in [5.74, 6) is -0.304. The molecule has 2 atom stereocenters. The van der Waals surface area contributed by atoms with Crippen LogP contribution in [0.3, 0.4) is 0 Å². The zero-order valence-corrected chi connectivity index (χ0v) is 14.8. The summed E-state index contributed by atoms with van der Waals surface area (Å²) in [6, 6.07) is 4.45. The smallest absolute Gasteiger partial charge is 0.229 e. The summed E-state index contributed by atoms with van der Waals surface area (Å²) in [5, 5.41) is 17.3. The van der Waals surface area contributed by atoms with E-state index in [1.807, 2.05) is 0 Å². The number of hydrogen-bond acceptors (Lipinski definition) is 5. The van der Waals surface area contributed by atoms with Crippen LogP contribution in [0, 0.1) is 5.92 Å². The Morgan fingerprint density at radius 3 is 2.84 bits per heavy atom. The molecule has 2 aromatic rings. The number of nitrogens with two attached hydrogens (primary N) is 1. The normalized spacial score (nSPS) is 19.4. The molecule has 2 heterocycles. The highest BCUT2D eigenvalue weighted by molar-refractivity contribution is 6.35. The monoisotopic (exact) mass is 381 g/mol. The van der Waals surface area contributed by atoms with E-state index >= 15 is 0 Å². The van der Waals surface area contributed by atoms with Crippen molar-refractivity contribution in [2.75, 3.05) is 11.9 Å². The molecule has 1 amide bonds. The number of anilines is 1. The van der Waals surface area contributed by atoms with Gasteiger partial charge in [0.25, 0.3) is 0 Å². The predicted molar refractivity (Wildman–Crippen MR) is 95.5 cm³/mol. The van der Waals surface area contributed by atoms with Crippen molar-refractivity contribution in [2.45, 2.75) is 18.9 Å². The topological polar surface area (TPSA) is 106 Å². The van der Waals surface area contributed by atoms with Crippen LogP contribution in [0.1, 0.15) is 23.9 Å². The number of carbonyl (C=O) groups is 1. The molecule has 7 nitrogen and oxygen atoms in total. The Hall–Kier alpha value is -2.09. The summed E-state index contributed by atoms with van der Waals surface area (Å²) >= 11 is 12.3. The minimum Gasteiger partial charge on any atom is -0.396 e. The van der Waals surface area contributed by atoms with Gasteiger partial charge >= 0.3 is 0 Å². The van der Waals surface area contributed by atoms with E-state index in [-0.39, 0.29) is 6.61 Å². The molecule has 0 saturated carbocycles. The second-order valence-electron chi connectivity index (χ2n) is 5.76. The maximum Gasteiger partial charge on any atom is 0.229 e. The van der Waals surface area contributed by atoms with Gasteiger partial charge in [-0.25, -0.2) is 4.68 Å². The van der Waals surface area contributed by atoms with E-state index < -0.39 is 17.9 Å². The lowest BCUT2D eigenvalue weighted by Crippen LogP contribution is -2.40. The third-order valence-corrected chi connectivity index (χ3v) is 4.61. The van der Waals surface area contributed by atoms with Gasteiger partial charge in [0.15, 0.2) is 5.82 Å². The third kappa shape index (κ3) is 3.35. The molecular weight excluding hydrogens is 365 g/mol. The van der Waals surface area contributed by atoms with Crippen molar-refractivity contribution in [1.82, 2.24) is 14.8 Å². The zero-order chi connectivity index (χ0) is 18.1. The van der Waals surface area contributed by atoms with Crippen LogP contribution < -0.4 is 11.1 Å². The van der Waals surface area contributed by atoms with Crippen LogP contribution in [0.15, 0.2) is 30.5 Å². The molecule has 1 aliphatic rings. The van der Waals surface area contributed by atoms with E-state index in [0.717, 1.165) is 0 Å². The summed E-state index contributed by atoms with van der Waals surface area (Å²) in [5.41, 5.74) is 6.68. The molecule has 0 radical (unpaired) electrons. The summed E-state index contributed by atoms with van der Waals surface area (Å²) in [7, 11) is 0. The zero-order valence-electron chi connectivity index (χ0n) is 13.2. The lowest BCUT2D eigenvalue weighted by molar-refractivity contribution is -0.121. The van der Waals surface area contributed by atoms with Gasteiger partial charge in [-0.15, -0.1) is 0 Å². The van der Waals surface area contributed by atoms with E-state index in [9.17, 15) is 4.79 Å². The number of benzene rings is 1. The van der Waals surface area contributed by atoms with E-state index in [0.29, 0.717) is 45.9 Å². The average Bonchev–Trinajstić information content (AvgIpc) is 2.94. The van der Waals surface area contributed by atoms with E-state index in [1.54, 1.807) is 22.9 Å². The Bertz CT molecular complexity index is 836. The van der Waals surface area contributed by atoms with Crippen LogP contribution in [0.25, 0.3) is 0 Å². The van der Waals surface area contributed by atoms with Crippen molar-refractivity contribution in [3.8, 4) is 0 Å². The number of hydrogen-bond donors (Lipinski definition) is 3. The number of rotatable bonds is 5. The van der Waals surface area contributed by atoms with E-state index in [1.165, 1.54) is 0 Å². The largest absolute Gasteiger partial charge is 0.396 e. The summed E-state index contributed by atoms with van der Waals surface area (Å²) < 4.78 is 1.59. The fourth-order valence-corrected chi connectivity index (χ4v) is 3.44. The second-order valence-corrected chi connectivity index (χ2v) is 6.61. The van der Waals surface area contributed by atoms with Crippen LogP contribution in [-0.2, 0) is 11.2 Å². The van der Waals surface area contributed by atoms with E-state index in [2.05, 4.69) is 22.0 Å². The molecule has 1 aromatic heterocycles. The second kappa shape index (κ2) is 7.03. The van der Waals surface area contributed by atoms with Gasteiger partial charge in [0.2, 0.25) is 11.9 Å². The van der Waals surface area contributed by atoms with Gasteiger partial charge in [-0.3, -0.25) is 4.79 Å². The standard InChI is InChI=1S/C16H17Cl2N5O2/c1-8-13(15(19)25)14(10-5-4-9(17)7-11(10)18)23-16(20-8)21-12(22-23)3-2-6-24/h4-5,7,13-14,24H,1-3,6H2,(H2,19,25)(H,20,21,22)/t13-,14+/m1/s1. The number of halogens is 2. The molecule has 0 bridgehead atoms. The minimum atomic E-state index is -0.751. The van der Waals surface area contributed by atoms with E-state index in [4.69, 9.17) is 34.0 Å². The quantitative estimate of drug-likeness (QED) is 0.735. The van der Waals surface area contributed by atoms with Crippen LogP contribution >= 0.6 is 23.2 Å². The highest BCUT2D eigenvalue weighted by Gasteiger charge is 2.39. The molecule has 0 fully saturated rings. The third-order valence-electron chi connectivity index (χ3n) is 4.05. The van der Waals surface area contributed by atoms with Gasteiger partial charge in [-0.2, -0.15) is 10.1 Å². The first kappa shape index (κ1) is 17.7. The Labute approximate surface area is 154 Å². The lowest BCUT2D eigenvalue weighted by Gasteiger charge is -2.33. The minimum absolute atomic E-state index is 0.0420. The van der Waals surface area contributed by atoms with Crippen LogP contribution in [0.2, 0.25) is 10.0 Å². The molecule has 1 aromatic carbocycles. The molecule has 132 valence electrons. The molecule has 9 heteroatoms. The van der Waals surface area contributed by atoms with Crippen molar-refractivity contribution in [1.29, 1.82) is 0 Å². The molecule has 25 heavy (non-hydrogen) atoms. The fraction of sp³-hybridized carbons (Fsp3) is 0.312. The summed E-state index contributed by atoms with van der Waals surface area (Å²) in [6.45, 7) is 3.95. The summed E-state index contributed by atoms with van der Waals surface area (Å²) in [4.78, 5) is 16.5. The van der Waals surface area contributed by atoms with Crippen molar-refractivity contribution in [3.63, 3.8) is 0 Å². The van der Waals surface area contributed by atoms with Crippen molar-refractivity contribution in [3.05, 3.63) is 51.9 Å². The van der Waals surface area contributed by atoms with Crippen molar-refractivity contribution < 1.29 is 9.90 Å².